The van der Waals surface area contributed by atoms with Crippen LogP contribution < -0.4 is 0 Å². The minimum atomic E-state index is -1.50. The van der Waals surface area contributed by atoms with E-state index in [2.05, 4.69) is 0 Å². The standard InChI is InChI=1S/3FH.HNO3.O.V/c;;;2-1(3)4;;/h3*1H;(H,2,3,4);;. The van der Waals surface area contributed by atoms with Crippen LogP contribution in [0.5, 0.6) is 0 Å². The first kappa shape index (κ1) is 40.0. The Balaban J connectivity index is -0.00000000990. The van der Waals surface area contributed by atoms with Crippen LogP contribution >= 0.6 is 0 Å². The second kappa shape index (κ2) is 53.1. The van der Waals surface area contributed by atoms with Crippen LogP contribution in [0, 0.1) is 10.1 Å². The molecule has 0 bridgehead atoms. The third-order valence-corrected chi connectivity index (χ3v) is 0. The fraction of sp³-hybridized carbons (Fsp3) is 0. The topological polar surface area (TPSA) is 80.4 Å². The molecule has 0 aromatic heterocycles. The molecule has 0 saturated heterocycles. The molecule has 9 heavy (non-hydrogen) atoms. The summed E-state index contributed by atoms with van der Waals surface area (Å²) in [4.78, 5) is 8.36. The summed E-state index contributed by atoms with van der Waals surface area (Å²) in [6.45, 7) is 0. The van der Waals surface area contributed by atoms with Crippen molar-refractivity contribution in [3.8, 4) is 0 Å². The molecule has 0 aliphatic carbocycles. The van der Waals surface area contributed by atoms with Crippen molar-refractivity contribution < 1.29 is 45.5 Å². The Morgan fingerprint density at radius 1 is 1.22 bits per heavy atom. The number of hydrogen-bond donors (Lipinski definition) is 1. The normalized spacial score (nSPS) is 3.00. The van der Waals surface area contributed by atoms with Crippen LogP contribution in [0.15, 0.2) is 0 Å². The Bertz CT molecular complexity index is 47.1. The van der Waals surface area contributed by atoms with E-state index in [4.69, 9.17) is 19.0 Å². The molecule has 0 aromatic carbocycles. The zero-order valence-electron chi connectivity index (χ0n) is 3.79. The molecule has 0 unspecified atom stereocenters. The van der Waals surface area contributed by atoms with Crippen LogP contribution in [-0.4, -0.2) is 10.3 Å². The van der Waals surface area contributed by atoms with Crippen molar-refractivity contribution in [3.63, 3.8) is 0 Å². The van der Waals surface area contributed by atoms with Crippen LogP contribution in [0.2, 0.25) is 0 Å². The number of rotatable bonds is 0. The summed E-state index contributed by atoms with van der Waals surface area (Å²) in [6.07, 6.45) is 0. The van der Waals surface area contributed by atoms with E-state index in [0.29, 0.717) is 0 Å². The van der Waals surface area contributed by atoms with Gasteiger partial charge in [-0.25, -0.2) is 0 Å². The predicted octanol–water partition coefficient (Wildman–Crippen LogP) is -0.0115. The van der Waals surface area contributed by atoms with Crippen LogP contribution in [0.4, 0.5) is 14.1 Å². The van der Waals surface area contributed by atoms with Gasteiger partial charge in [0.25, 0.3) is 5.09 Å². The van der Waals surface area contributed by atoms with E-state index in [1.165, 1.54) is 0 Å². The van der Waals surface area contributed by atoms with Crippen LogP contribution in [0.3, 0.4) is 0 Å². The summed E-state index contributed by atoms with van der Waals surface area (Å²) in [6, 6.07) is 0. The maximum absolute atomic E-state index is 8.36. The van der Waals surface area contributed by atoms with Gasteiger partial charge >= 0.3 is 21.0 Å². The average Bonchev–Trinajstić information content (AvgIpc) is 1.41. The van der Waals surface area contributed by atoms with Gasteiger partial charge in [0.2, 0.25) is 0 Å². The monoisotopic (exact) mass is 190 g/mol. The van der Waals surface area contributed by atoms with Gasteiger partial charge in [-0.3, -0.25) is 14.1 Å². The van der Waals surface area contributed by atoms with Crippen molar-refractivity contribution in [2.45, 2.75) is 0 Å². The zero-order chi connectivity index (χ0) is 5.58. The summed E-state index contributed by atoms with van der Waals surface area (Å²) in [5.41, 5.74) is 0. The van der Waals surface area contributed by atoms with Crippen molar-refractivity contribution in [1.29, 1.82) is 0 Å². The molecule has 0 radical (unpaired) electrons. The summed E-state index contributed by atoms with van der Waals surface area (Å²) < 4.78 is 8.19. The molecule has 5 nitrogen and oxygen atoms in total. The molecular formula is H4F3NO4V. The van der Waals surface area contributed by atoms with E-state index < -0.39 is 5.09 Å². The van der Waals surface area contributed by atoms with Gasteiger partial charge in [0.1, 0.15) is 0 Å². The first-order valence-electron chi connectivity index (χ1n) is 0.748. The summed E-state index contributed by atoms with van der Waals surface area (Å²) in [5.74, 6) is 0. The van der Waals surface area contributed by atoms with Gasteiger partial charge in [-0.2, -0.15) is 0 Å². The Kier molecular flexibility index (Phi) is 236. The zero-order valence-corrected chi connectivity index (χ0v) is 5.19. The van der Waals surface area contributed by atoms with Crippen molar-refractivity contribution in [2.24, 2.45) is 0 Å². The van der Waals surface area contributed by atoms with Gasteiger partial charge < -0.3 is 5.21 Å². The van der Waals surface area contributed by atoms with Crippen molar-refractivity contribution in [1.82, 2.24) is 0 Å². The number of hydrogen-bond acceptors (Lipinski definition) is 3. The van der Waals surface area contributed by atoms with E-state index in [-0.39, 0.29) is 14.1 Å². The van der Waals surface area contributed by atoms with Crippen molar-refractivity contribution >= 4 is 0 Å². The molecule has 0 aromatic rings. The molecule has 0 aliphatic heterocycles. The van der Waals surface area contributed by atoms with E-state index in [0.717, 1.165) is 17.4 Å². The first-order chi connectivity index (χ1) is 2.73. The van der Waals surface area contributed by atoms with Crippen molar-refractivity contribution in [3.05, 3.63) is 10.1 Å². The summed E-state index contributed by atoms with van der Waals surface area (Å²) in [7, 11) is 0. The molecule has 0 saturated carbocycles. The van der Waals surface area contributed by atoms with E-state index in [1.807, 2.05) is 0 Å². The molecule has 0 heterocycles. The molecule has 0 aliphatic rings. The quantitative estimate of drug-likeness (QED) is 0.430. The van der Waals surface area contributed by atoms with Crippen LogP contribution in [0.25, 0.3) is 0 Å². The first-order valence-corrected chi connectivity index (χ1v) is 1.32. The summed E-state index contributed by atoms with van der Waals surface area (Å²) >= 11 is 1.06. The summed E-state index contributed by atoms with van der Waals surface area (Å²) in [5, 5.41) is 13.6. The predicted molar refractivity (Wildman–Crippen MR) is 17.0 cm³/mol. The Morgan fingerprint density at radius 2 is 1.22 bits per heavy atom. The molecular weight excluding hydrogens is 186 g/mol. The molecule has 0 spiro atoms. The SMILES string of the molecule is F.F.F.O=[N+]([O-])O.[O]=[V]. The molecule has 0 fully saturated rings. The van der Waals surface area contributed by atoms with Gasteiger partial charge in [0, 0.05) is 0 Å². The second-order valence-electron chi connectivity index (χ2n) is 0.238. The van der Waals surface area contributed by atoms with Crippen LogP contribution in [0.1, 0.15) is 0 Å². The molecule has 9 heteroatoms. The fourth-order valence-corrected chi connectivity index (χ4v) is 0. The second-order valence-corrected chi connectivity index (χ2v) is 0.238. The van der Waals surface area contributed by atoms with Crippen molar-refractivity contribution in [2.75, 3.05) is 0 Å². The van der Waals surface area contributed by atoms with Gasteiger partial charge in [-0.15, -0.1) is 10.1 Å². The third-order valence-electron chi connectivity index (χ3n) is 0. The minimum absolute atomic E-state index is 0. The molecule has 59 valence electrons. The van der Waals surface area contributed by atoms with E-state index in [1.54, 1.807) is 0 Å². The number of halogens is 3. The maximum atomic E-state index is 8.36. The number of nitrogens with zero attached hydrogens (tertiary/aromatic N) is 1. The molecule has 0 amide bonds. The Labute approximate surface area is 56.5 Å². The molecule has 0 atom stereocenters. The van der Waals surface area contributed by atoms with E-state index in [9.17, 15) is 0 Å². The Hall–Kier alpha value is -0.626. The van der Waals surface area contributed by atoms with Crippen LogP contribution in [-0.2, 0) is 21.0 Å². The Morgan fingerprint density at radius 3 is 1.22 bits per heavy atom. The fourth-order valence-electron chi connectivity index (χ4n) is 0. The molecule has 1 N–H and O–H groups in total. The van der Waals surface area contributed by atoms with E-state index >= 15 is 0 Å². The van der Waals surface area contributed by atoms with Gasteiger partial charge in [0.05, 0.1) is 0 Å². The van der Waals surface area contributed by atoms with Gasteiger partial charge in [-0.1, -0.05) is 0 Å². The molecule has 0 rings (SSSR count). The van der Waals surface area contributed by atoms with Gasteiger partial charge in [-0.05, 0) is 0 Å². The third kappa shape index (κ3) is 544. The average molecular weight is 190 g/mol. The van der Waals surface area contributed by atoms with Gasteiger partial charge in [0.15, 0.2) is 0 Å².